The highest BCUT2D eigenvalue weighted by Gasteiger charge is 2.56. The summed E-state index contributed by atoms with van der Waals surface area (Å²) in [5.74, 6) is -1.88. The molecule has 1 fully saturated rings. The van der Waals surface area contributed by atoms with E-state index in [1.165, 1.54) is 35.5 Å². The summed E-state index contributed by atoms with van der Waals surface area (Å²) in [4.78, 5) is 36.2. The van der Waals surface area contributed by atoms with Gasteiger partial charge >= 0.3 is 6.18 Å². The molecule has 2 aliphatic rings. The maximum absolute atomic E-state index is 14.3. The Bertz CT molecular complexity index is 1630. The van der Waals surface area contributed by atoms with E-state index in [1.54, 1.807) is 24.3 Å². The predicted molar refractivity (Wildman–Crippen MR) is 135 cm³/mol. The molecule has 0 atom stereocenters. The van der Waals surface area contributed by atoms with Crippen molar-refractivity contribution in [3.63, 3.8) is 0 Å². The van der Waals surface area contributed by atoms with E-state index < -0.39 is 34.4 Å². The Labute approximate surface area is 220 Å². The molecule has 0 saturated heterocycles. The number of primary amides is 1. The van der Waals surface area contributed by atoms with Crippen molar-refractivity contribution in [2.75, 3.05) is 4.90 Å². The Balaban J connectivity index is 1.64. The van der Waals surface area contributed by atoms with Gasteiger partial charge in [0.25, 0.3) is 0 Å². The van der Waals surface area contributed by atoms with Crippen LogP contribution in [0.4, 0.5) is 29.2 Å². The first kappa shape index (κ1) is 24.7. The standard InChI is InChI=1S/C29H20F4N4O2/c30-18-8-6-16(7-9-18)20-14-17(15-21(25(34)38)23(20)29(31,32)33)19-4-1-5-22-24(19)28(10-2-11-28)26(39)37(22)27-35-12-3-13-36-27/h1,3-9,12-15H,2,10-11H2,(H2,34,38). The van der Waals surface area contributed by atoms with Gasteiger partial charge in [-0.3, -0.25) is 9.59 Å². The van der Waals surface area contributed by atoms with Crippen LogP contribution in [0, 0.1) is 5.82 Å². The zero-order chi connectivity index (χ0) is 27.5. The van der Waals surface area contributed by atoms with E-state index in [0.717, 1.165) is 24.6 Å². The fourth-order valence-corrected chi connectivity index (χ4v) is 5.65. The number of carbonyl (C=O) groups is 2. The highest BCUT2D eigenvalue weighted by molar-refractivity contribution is 6.14. The number of anilines is 2. The molecule has 1 aromatic heterocycles. The van der Waals surface area contributed by atoms with Crippen molar-refractivity contribution in [3.05, 3.63) is 95.6 Å². The van der Waals surface area contributed by atoms with E-state index in [4.69, 9.17) is 5.73 Å². The zero-order valence-corrected chi connectivity index (χ0v) is 20.3. The van der Waals surface area contributed by atoms with Crippen molar-refractivity contribution in [1.29, 1.82) is 0 Å². The highest BCUT2D eigenvalue weighted by atomic mass is 19.4. The molecular formula is C29H20F4N4O2. The number of hydrogen-bond acceptors (Lipinski definition) is 4. The summed E-state index contributed by atoms with van der Waals surface area (Å²) < 4.78 is 56.6. The fourth-order valence-electron chi connectivity index (χ4n) is 5.65. The molecule has 1 aliphatic carbocycles. The van der Waals surface area contributed by atoms with Crippen molar-refractivity contribution in [1.82, 2.24) is 9.97 Å². The molecule has 196 valence electrons. The van der Waals surface area contributed by atoms with Crippen LogP contribution >= 0.6 is 0 Å². The van der Waals surface area contributed by atoms with Gasteiger partial charge in [-0.05, 0) is 77.1 Å². The van der Waals surface area contributed by atoms with Crippen molar-refractivity contribution >= 4 is 23.5 Å². The normalized spacial score (nSPS) is 15.8. The molecule has 1 spiro atoms. The SMILES string of the molecule is NC(=O)c1cc(-c2cccc3c2C2(CCC2)C(=O)N3c2ncccn2)cc(-c2ccc(F)cc2)c1C(F)(F)F. The Morgan fingerprint density at radius 3 is 2.21 bits per heavy atom. The molecule has 2 amide bonds. The molecule has 1 aliphatic heterocycles. The topological polar surface area (TPSA) is 89.2 Å². The van der Waals surface area contributed by atoms with E-state index in [9.17, 15) is 27.2 Å². The number of halogens is 4. The third-order valence-electron chi connectivity index (χ3n) is 7.49. The maximum atomic E-state index is 14.3. The molecule has 39 heavy (non-hydrogen) atoms. The Kier molecular flexibility index (Phi) is 5.53. The van der Waals surface area contributed by atoms with Crippen LogP contribution in [-0.2, 0) is 16.4 Å². The van der Waals surface area contributed by atoms with Gasteiger partial charge in [-0.15, -0.1) is 0 Å². The van der Waals surface area contributed by atoms with Crippen molar-refractivity contribution in [2.45, 2.75) is 30.9 Å². The van der Waals surface area contributed by atoms with E-state index >= 15 is 0 Å². The van der Waals surface area contributed by atoms with E-state index in [-0.39, 0.29) is 28.5 Å². The number of nitrogens with two attached hydrogens (primary N) is 1. The second-order valence-electron chi connectivity index (χ2n) is 9.64. The van der Waals surface area contributed by atoms with Crippen molar-refractivity contribution in [3.8, 4) is 22.3 Å². The number of hydrogen-bond donors (Lipinski definition) is 1. The minimum atomic E-state index is -4.92. The van der Waals surface area contributed by atoms with Crippen molar-refractivity contribution in [2.24, 2.45) is 5.73 Å². The molecule has 2 heterocycles. The molecule has 6 rings (SSSR count). The number of carbonyl (C=O) groups excluding carboxylic acids is 2. The second-order valence-corrected chi connectivity index (χ2v) is 9.64. The molecule has 6 nitrogen and oxygen atoms in total. The Morgan fingerprint density at radius 2 is 1.62 bits per heavy atom. The smallest absolute Gasteiger partial charge is 0.366 e. The zero-order valence-electron chi connectivity index (χ0n) is 20.3. The summed E-state index contributed by atoms with van der Waals surface area (Å²) in [6.45, 7) is 0. The van der Waals surface area contributed by atoms with Gasteiger partial charge in [0.05, 0.1) is 22.2 Å². The summed E-state index contributed by atoms with van der Waals surface area (Å²) in [5.41, 5.74) is 4.37. The molecule has 2 N–H and O–H groups in total. The molecule has 0 bridgehead atoms. The minimum Gasteiger partial charge on any atom is -0.366 e. The third kappa shape index (κ3) is 3.77. The van der Waals surface area contributed by atoms with Crippen LogP contribution in [0.3, 0.4) is 0 Å². The largest absolute Gasteiger partial charge is 0.417 e. The quantitative estimate of drug-likeness (QED) is 0.319. The lowest BCUT2D eigenvalue weighted by Crippen LogP contribution is -2.44. The number of alkyl halides is 3. The van der Waals surface area contributed by atoms with Gasteiger partial charge in [-0.2, -0.15) is 13.2 Å². The van der Waals surface area contributed by atoms with Crippen LogP contribution in [0.5, 0.6) is 0 Å². The lowest BCUT2D eigenvalue weighted by Gasteiger charge is -2.37. The van der Waals surface area contributed by atoms with Gasteiger partial charge in [0, 0.05) is 12.4 Å². The number of rotatable bonds is 4. The first-order chi connectivity index (χ1) is 18.6. The van der Waals surface area contributed by atoms with Gasteiger partial charge in [-0.1, -0.05) is 30.7 Å². The molecule has 3 aromatic carbocycles. The molecular weight excluding hydrogens is 512 g/mol. The summed E-state index contributed by atoms with van der Waals surface area (Å²) in [6.07, 6.45) is 0.0194. The van der Waals surface area contributed by atoms with Gasteiger partial charge in [-0.25, -0.2) is 19.3 Å². The van der Waals surface area contributed by atoms with Gasteiger partial charge in [0.1, 0.15) is 5.82 Å². The van der Waals surface area contributed by atoms with Gasteiger partial charge in [0.15, 0.2) is 0 Å². The number of benzene rings is 3. The Hall–Kier alpha value is -4.60. The minimum absolute atomic E-state index is 0.0643. The number of nitrogens with zero attached hydrogens (tertiary/aromatic N) is 3. The number of amides is 2. The molecule has 1 saturated carbocycles. The summed E-state index contributed by atoms with van der Waals surface area (Å²) >= 11 is 0. The van der Waals surface area contributed by atoms with Gasteiger partial charge < -0.3 is 5.73 Å². The average Bonchev–Trinajstić information content (AvgIpc) is 3.16. The van der Waals surface area contributed by atoms with E-state index in [2.05, 4.69) is 9.97 Å². The van der Waals surface area contributed by atoms with Crippen LogP contribution in [-0.4, -0.2) is 21.8 Å². The van der Waals surface area contributed by atoms with E-state index in [1.807, 2.05) is 0 Å². The summed E-state index contributed by atoms with van der Waals surface area (Å²) in [7, 11) is 0. The lowest BCUT2D eigenvalue weighted by atomic mass is 9.63. The average molecular weight is 532 g/mol. The molecule has 0 unspecified atom stereocenters. The second kappa shape index (κ2) is 8.72. The summed E-state index contributed by atoms with van der Waals surface area (Å²) in [6, 6.07) is 13.7. The highest BCUT2D eigenvalue weighted by Crippen LogP contribution is 2.58. The van der Waals surface area contributed by atoms with E-state index in [0.29, 0.717) is 29.7 Å². The molecule has 4 aromatic rings. The van der Waals surface area contributed by atoms with Crippen LogP contribution in [0.1, 0.15) is 40.7 Å². The van der Waals surface area contributed by atoms with Crippen LogP contribution in [0.25, 0.3) is 22.3 Å². The van der Waals surface area contributed by atoms with Crippen LogP contribution in [0.2, 0.25) is 0 Å². The molecule has 0 radical (unpaired) electrons. The number of fused-ring (bicyclic) bond motifs is 2. The molecule has 10 heteroatoms. The lowest BCUT2D eigenvalue weighted by molar-refractivity contribution is -0.137. The first-order valence-electron chi connectivity index (χ1n) is 12.2. The monoisotopic (exact) mass is 532 g/mol. The van der Waals surface area contributed by atoms with Crippen LogP contribution in [0.15, 0.2) is 73.1 Å². The van der Waals surface area contributed by atoms with Gasteiger partial charge in [0.2, 0.25) is 17.8 Å². The Morgan fingerprint density at radius 1 is 0.923 bits per heavy atom. The fraction of sp³-hybridized carbons (Fsp3) is 0.172. The summed E-state index contributed by atoms with van der Waals surface area (Å²) in [5, 5.41) is 0. The van der Waals surface area contributed by atoms with Crippen molar-refractivity contribution < 1.29 is 27.2 Å². The third-order valence-corrected chi connectivity index (χ3v) is 7.49. The maximum Gasteiger partial charge on any atom is 0.417 e. The number of aromatic nitrogens is 2. The predicted octanol–water partition coefficient (Wildman–Crippen LogP) is 6.17. The first-order valence-corrected chi connectivity index (χ1v) is 12.2. The van der Waals surface area contributed by atoms with Crippen LogP contribution < -0.4 is 10.6 Å².